The number of aromatic nitrogens is 2. The molecule has 0 aliphatic rings. The average Bonchev–Trinajstić information content (AvgIpc) is 2.57. The van der Waals surface area contributed by atoms with Gasteiger partial charge in [-0.3, -0.25) is 9.48 Å². The van der Waals surface area contributed by atoms with Gasteiger partial charge in [-0.05, 0) is 31.5 Å². The van der Waals surface area contributed by atoms with Crippen LogP contribution in [0.1, 0.15) is 11.3 Å². The maximum atomic E-state index is 11.8. The molecule has 2 rings (SSSR count). The molecule has 0 saturated carbocycles. The Bertz CT molecular complexity index is 574. The summed E-state index contributed by atoms with van der Waals surface area (Å²) in [7, 11) is 0. The number of carbonyl (C=O) groups excluding carboxylic acids is 1. The molecule has 0 atom stereocenters. The smallest absolute Gasteiger partial charge is 0.246 e. The van der Waals surface area contributed by atoms with Crippen LogP contribution in [0.15, 0.2) is 30.3 Å². The summed E-state index contributed by atoms with van der Waals surface area (Å²) in [6.45, 7) is 4.01. The van der Waals surface area contributed by atoms with E-state index in [1.807, 2.05) is 38.1 Å². The summed E-state index contributed by atoms with van der Waals surface area (Å²) in [5.74, 6) is 0.308. The number of aryl methyl sites for hydroxylation is 2. The second-order valence-corrected chi connectivity index (χ2v) is 4.29. The van der Waals surface area contributed by atoms with Crippen molar-refractivity contribution in [2.75, 3.05) is 11.1 Å². The first-order valence-corrected chi connectivity index (χ1v) is 5.71. The highest BCUT2D eigenvalue weighted by atomic mass is 16.2. The Morgan fingerprint density at radius 2 is 2.17 bits per heavy atom. The van der Waals surface area contributed by atoms with Gasteiger partial charge in [-0.25, -0.2) is 0 Å². The fraction of sp³-hybridized carbons (Fsp3) is 0.231. The number of nitrogens with two attached hydrogens (primary N) is 1. The lowest BCUT2D eigenvalue weighted by Crippen LogP contribution is -2.20. The van der Waals surface area contributed by atoms with Crippen molar-refractivity contribution in [2.24, 2.45) is 0 Å². The lowest BCUT2D eigenvalue weighted by atomic mass is 10.2. The van der Waals surface area contributed by atoms with Crippen LogP contribution in [0.3, 0.4) is 0 Å². The maximum absolute atomic E-state index is 11.8. The van der Waals surface area contributed by atoms with Gasteiger partial charge in [-0.1, -0.05) is 12.1 Å². The molecule has 0 bridgehead atoms. The molecule has 3 N–H and O–H groups in total. The first kappa shape index (κ1) is 12.2. The Balaban J connectivity index is 2.03. The molecule has 94 valence electrons. The van der Waals surface area contributed by atoms with Crippen molar-refractivity contribution >= 4 is 17.4 Å². The van der Waals surface area contributed by atoms with E-state index in [9.17, 15) is 4.79 Å². The minimum Gasteiger partial charge on any atom is -0.382 e. The standard InChI is InChI=1S/C13H16N4O/c1-9-4-3-5-11(6-9)15-13(18)8-17-10(2)7-12(14)16-17/h3-7H,8H2,1-2H3,(H2,14,16)(H,15,18). The van der Waals surface area contributed by atoms with Crippen LogP contribution in [0.4, 0.5) is 11.5 Å². The average molecular weight is 244 g/mol. The normalized spacial score (nSPS) is 10.3. The predicted molar refractivity (Wildman–Crippen MR) is 71.2 cm³/mol. The first-order chi connectivity index (χ1) is 8.54. The topological polar surface area (TPSA) is 72.9 Å². The van der Waals surface area contributed by atoms with Crippen molar-refractivity contribution in [1.29, 1.82) is 0 Å². The molecule has 0 saturated heterocycles. The second kappa shape index (κ2) is 4.91. The summed E-state index contributed by atoms with van der Waals surface area (Å²) in [6.07, 6.45) is 0. The lowest BCUT2D eigenvalue weighted by molar-refractivity contribution is -0.116. The third-order valence-electron chi connectivity index (χ3n) is 2.60. The minimum absolute atomic E-state index is 0.119. The molecular weight excluding hydrogens is 228 g/mol. The monoisotopic (exact) mass is 244 g/mol. The van der Waals surface area contributed by atoms with Crippen molar-refractivity contribution in [3.05, 3.63) is 41.6 Å². The number of rotatable bonds is 3. The van der Waals surface area contributed by atoms with Crippen molar-refractivity contribution in [1.82, 2.24) is 9.78 Å². The molecule has 1 aromatic carbocycles. The third kappa shape index (κ3) is 2.88. The Morgan fingerprint density at radius 1 is 1.39 bits per heavy atom. The molecule has 1 amide bonds. The Hall–Kier alpha value is -2.30. The highest BCUT2D eigenvalue weighted by Gasteiger charge is 2.07. The first-order valence-electron chi connectivity index (χ1n) is 5.71. The summed E-state index contributed by atoms with van der Waals surface area (Å²) in [6, 6.07) is 9.40. The van der Waals surface area contributed by atoms with E-state index in [1.54, 1.807) is 10.7 Å². The number of amides is 1. The van der Waals surface area contributed by atoms with E-state index in [1.165, 1.54) is 0 Å². The molecule has 0 aliphatic heterocycles. The van der Waals surface area contributed by atoms with Gasteiger partial charge >= 0.3 is 0 Å². The van der Waals surface area contributed by atoms with Crippen LogP contribution >= 0.6 is 0 Å². The number of nitrogen functional groups attached to an aromatic ring is 1. The highest BCUT2D eigenvalue weighted by molar-refractivity contribution is 5.90. The van der Waals surface area contributed by atoms with E-state index < -0.39 is 0 Å². The molecule has 0 radical (unpaired) electrons. The Morgan fingerprint density at radius 3 is 2.78 bits per heavy atom. The second-order valence-electron chi connectivity index (χ2n) is 4.29. The fourth-order valence-electron chi connectivity index (χ4n) is 1.76. The van der Waals surface area contributed by atoms with Gasteiger partial charge in [0, 0.05) is 17.4 Å². The van der Waals surface area contributed by atoms with Gasteiger partial charge in [0.2, 0.25) is 5.91 Å². The van der Waals surface area contributed by atoms with Crippen LogP contribution in [-0.4, -0.2) is 15.7 Å². The van der Waals surface area contributed by atoms with Gasteiger partial charge in [-0.2, -0.15) is 5.10 Å². The Kier molecular flexibility index (Phi) is 3.32. The van der Waals surface area contributed by atoms with E-state index in [0.717, 1.165) is 16.9 Å². The number of anilines is 2. The quantitative estimate of drug-likeness (QED) is 0.863. The molecule has 0 fully saturated rings. The van der Waals surface area contributed by atoms with Gasteiger partial charge < -0.3 is 11.1 Å². The molecule has 18 heavy (non-hydrogen) atoms. The number of hydrogen-bond donors (Lipinski definition) is 2. The molecule has 0 aliphatic carbocycles. The van der Waals surface area contributed by atoms with Gasteiger partial charge in [0.15, 0.2) is 0 Å². The third-order valence-corrected chi connectivity index (χ3v) is 2.60. The van der Waals surface area contributed by atoms with Crippen molar-refractivity contribution in [2.45, 2.75) is 20.4 Å². The molecule has 5 nitrogen and oxygen atoms in total. The predicted octanol–water partition coefficient (Wildman–Crippen LogP) is 1.72. The van der Waals surface area contributed by atoms with E-state index in [2.05, 4.69) is 10.4 Å². The molecule has 1 aromatic heterocycles. The zero-order chi connectivity index (χ0) is 13.1. The maximum Gasteiger partial charge on any atom is 0.246 e. The number of nitrogens with one attached hydrogen (secondary N) is 1. The van der Waals surface area contributed by atoms with Crippen LogP contribution in [0.25, 0.3) is 0 Å². The van der Waals surface area contributed by atoms with Gasteiger partial charge in [0.1, 0.15) is 12.4 Å². The van der Waals surface area contributed by atoms with E-state index in [-0.39, 0.29) is 12.5 Å². The number of benzene rings is 1. The molecule has 5 heteroatoms. The summed E-state index contributed by atoms with van der Waals surface area (Å²) < 4.78 is 1.58. The number of hydrogen-bond acceptors (Lipinski definition) is 3. The highest BCUT2D eigenvalue weighted by Crippen LogP contribution is 2.10. The van der Waals surface area contributed by atoms with Crippen LogP contribution < -0.4 is 11.1 Å². The van der Waals surface area contributed by atoms with Gasteiger partial charge in [0.25, 0.3) is 0 Å². The largest absolute Gasteiger partial charge is 0.382 e. The van der Waals surface area contributed by atoms with Crippen LogP contribution in [-0.2, 0) is 11.3 Å². The summed E-state index contributed by atoms with van der Waals surface area (Å²) in [4.78, 5) is 11.8. The molecule has 0 spiro atoms. The fourth-order valence-corrected chi connectivity index (χ4v) is 1.76. The Labute approximate surface area is 106 Å². The van der Waals surface area contributed by atoms with Gasteiger partial charge in [0.05, 0.1) is 0 Å². The number of carbonyl (C=O) groups is 1. The minimum atomic E-state index is -0.119. The zero-order valence-corrected chi connectivity index (χ0v) is 10.5. The zero-order valence-electron chi connectivity index (χ0n) is 10.5. The molecule has 0 unspecified atom stereocenters. The summed E-state index contributed by atoms with van der Waals surface area (Å²) in [5, 5.41) is 6.87. The summed E-state index contributed by atoms with van der Waals surface area (Å²) >= 11 is 0. The van der Waals surface area contributed by atoms with E-state index >= 15 is 0 Å². The lowest BCUT2D eigenvalue weighted by Gasteiger charge is -2.07. The molecule has 2 aromatic rings. The van der Waals surface area contributed by atoms with E-state index in [4.69, 9.17) is 5.73 Å². The van der Waals surface area contributed by atoms with Crippen LogP contribution in [0.5, 0.6) is 0 Å². The SMILES string of the molecule is Cc1cccc(NC(=O)Cn2nc(N)cc2C)c1. The number of nitrogens with zero attached hydrogens (tertiary/aromatic N) is 2. The molecule has 1 heterocycles. The van der Waals surface area contributed by atoms with Crippen LogP contribution in [0.2, 0.25) is 0 Å². The van der Waals surface area contributed by atoms with E-state index in [0.29, 0.717) is 5.82 Å². The van der Waals surface area contributed by atoms with Crippen LogP contribution in [0, 0.1) is 13.8 Å². The summed E-state index contributed by atoms with van der Waals surface area (Å²) in [5.41, 5.74) is 8.33. The van der Waals surface area contributed by atoms with Gasteiger partial charge in [-0.15, -0.1) is 0 Å². The molecular formula is C13H16N4O. The van der Waals surface area contributed by atoms with Crippen molar-refractivity contribution in [3.8, 4) is 0 Å². The van der Waals surface area contributed by atoms with Crippen molar-refractivity contribution in [3.63, 3.8) is 0 Å². The van der Waals surface area contributed by atoms with Crippen molar-refractivity contribution < 1.29 is 4.79 Å².